The van der Waals surface area contributed by atoms with Crippen molar-refractivity contribution in [3.63, 3.8) is 0 Å². The average Bonchev–Trinajstić information content (AvgIpc) is 2.65. The molecule has 0 atom stereocenters. The highest BCUT2D eigenvalue weighted by molar-refractivity contribution is 9.10. The summed E-state index contributed by atoms with van der Waals surface area (Å²) in [5.74, 6) is 0. The molecule has 1 aliphatic heterocycles. The average molecular weight is 470 g/mol. The van der Waals surface area contributed by atoms with Crippen LogP contribution >= 0.6 is 28.1 Å². The molecular formula is C18H20BrN3O3S2. The van der Waals surface area contributed by atoms with Crippen molar-refractivity contribution in [3.05, 3.63) is 52.5 Å². The van der Waals surface area contributed by atoms with Crippen LogP contribution < -0.4 is 10.6 Å². The van der Waals surface area contributed by atoms with E-state index in [4.69, 9.17) is 17.0 Å². The SMILES string of the molecule is Cc1ccc(NC(=S)Nc2ccc(S(=O)(=O)N3CCOCC3)cc2)c(Br)c1. The molecule has 27 heavy (non-hydrogen) atoms. The second-order valence-corrected chi connectivity index (χ2v) is 9.30. The molecule has 0 saturated carbocycles. The Hall–Kier alpha value is -1.52. The zero-order valence-electron chi connectivity index (χ0n) is 14.7. The Labute approximate surface area is 173 Å². The van der Waals surface area contributed by atoms with E-state index in [9.17, 15) is 8.42 Å². The summed E-state index contributed by atoms with van der Waals surface area (Å²) in [6.07, 6.45) is 0. The van der Waals surface area contributed by atoms with Gasteiger partial charge >= 0.3 is 0 Å². The zero-order valence-corrected chi connectivity index (χ0v) is 18.0. The Kier molecular flexibility index (Phi) is 6.48. The quantitative estimate of drug-likeness (QED) is 0.666. The van der Waals surface area contributed by atoms with Gasteiger partial charge in [0.25, 0.3) is 0 Å². The van der Waals surface area contributed by atoms with Crippen LogP contribution in [0.1, 0.15) is 5.56 Å². The first-order valence-electron chi connectivity index (χ1n) is 8.38. The number of thiocarbonyl (C=S) groups is 1. The maximum absolute atomic E-state index is 12.6. The van der Waals surface area contributed by atoms with Crippen LogP contribution in [0.15, 0.2) is 51.8 Å². The number of hydrogen-bond donors (Lipinski definition) is 2. The Morgan fingerprint density at radius 2 is 1.78 bits per heavy atom. The minimum Gasteiger partial charge on any atom is -0.379 e. The summed E-state index contributed by atoms with van der Waals surface area (Å²) in [6, 6.07) is 12.5. The van der Waals surface area contributed by atoms with Gasteiger partial charge in [-0.15, -0.1) is 0 Å². The van der Waals surface area contributed by atoms with E-state index in [2.05, 4.69) is 26.6 Å². The number of ether oxygens (including phenoxy) is 1. The third-order valence-electron chi connectivity index (χ3n) is 4.09. The van der Waals surface area contributed by atoms with Crippen molar-refractivity contribution in [3.8, 4) is 0 Å². The van der Waals surface area contributed by atoms with Gasteiger partial charge in [-0.2, -0.15) is 4.31 Å². The first kappa shape index (κ1) is 20.2. The number of morpholine rings is 1. The van der Waals surface area contributed by atoms with E-state index in [-0.39, 0.29) is 4.90 Å². The van der Waals surface area contributed by atoms with Crippen molar-refractivity contribution in [1.29, 1.82) is 0 Å². The third-order valence-corrected chi connectivity index (χ3v) is 6.87. The first-order chi connectivity index (χ1) is 12.9. The van der Waals surface area contributed by atoms with Crippen molar-refractivity contribution >= 4 is 54.7 Å². The van der Waals surface area contributed by atoms with Crippen LogP contribution in [-0.4, -0.2) is 44.1 Å². The normalized spacial score (nSPS) is 15.3. The number of benzene rings is 2. The van der Waals surface area contributed by atoms with Gasteiger partial charge in [-0.3, -0.25) is 0 Å². The van der Waals surface area contributed by atoms with E-state index >= 15 is 0 Å². The summed E-state index contributed by atoms with van der Waals surface area (Å²) in [4.78, 5) is 0.259. The minimum atomic E-state index is -3.49. The summed E-state index contributed by atoms with van der Waals surface area (Å²) in [5.41, 5.74) is 2.70. The number of hydrogen-bond acceptors (Lipinski definition) is 4. The van der Waals surface area contributed by atoms with Gasteiger partial charge in [0.15, 0.2) is 5.11 Å². The Morgan fingerprint density at radius 3 is 2.41 bits per heavy atom. The van der Waals surface area contributed by atoms with Gasteiger partial charge < -0.3 is 15.4 Å². The standard InChI is InChI=1S/C18H20BrN3O3S2/c1-13-2-7-17(16(19)12-13)21-18(26)20-14-3-5-15(6-4-14)27(23,24)22-8-10-25-11-9-22/h2-7,12H,8-11H2,1H3,(H2,20,21,26). The molecule has 0 radical (unpaired) electrons. The van der Waals surface area contributed by atoms with E-state index in [0.717, 1.165) is 15.7 Å². The molecule has 0 spiro atoms. The molecule has 2 aromatic rings. The van der Waals surface area contributed by atoms with Gasteiger partial charge in [0.2, 0.25) is 10.0 Å². The van der Waals surface area contributed by atoms with Gasteiger partial charge in [0, 0.05) is 23.2 Å². The molecule has 144 valence electrons. The van der Waals surface area contributed by atoms with Crippen LogP contribution in [0, 0.1) is 6.92 Å². The number of sulfonamides is 1. The smallest absolute Gasteiger partial charge is 0.243 e. The number of nitrogens with one attached hydrogen (secondary N) is 2. The highest BCUT2D eigenvalue weighted by Gasteiger charge is 2.26. The van der Waals surface area contributed by atoms with Crippen molar-refractivity contribution in [1.82, 2.24) is 4.31 Å². The molecule has 6 nitrogen and oxygen atoms in total. The lowest BCUT2D eigenvalue weighted by Gasteiger charge is -2.26. The summed E-state index contributed by atoms with van der Waals surface area (Å²) in [6.45, 7) is 3.61. The highest BCUT2D eigenvalue weighted by Crippen LogP contribution is 2.24. The van der Waals surface area contributed by atoms with Crippen LogP contribution in [0.3, 0.4) is 0 Å². The molecule has 9 heteroatoms. The second-order valence-electron chi connectivity index (χ2n) is 6.10. The Bertz CT molecular complexity index is 927. The topological polar surface area (TPSA) is 70.7 Å². The van der Waals surface area contributed by atoms with Gasteiger partial charge in [-0.1, -0.05) is 6.07 Å². The number of nitrogens with zero attached hydrogens (tertiary/aromatic N) is 1. The van der Waals surface area contributed by atoms with Crippen molar-refractivity contribution in [2.75, 3.05) is 36.9 Å². The summed E-state index contributed by atoms with van der Waals surface area (Å²) in [7, 11) is -3.49. The van der Waals surface area contributed by atoms with Gasteiger partial charge in [-0.25, -0.2) is 8.42 Å². The summed E-state index contributed by atoms with van der Waals surface area (Å²) >= 11 is 8.84. The van der Waals surface area contributed by atoms with Crippen LogP contribution in [-0.2, 0) is 14.8 Å². The largest absolute Gasteiger partial charge is 0.379 e. The number of anilines is 2. The molecule has 1 fully saturated rings. The molecule has 1 aliphatic rings. The molecule has 0 bridgehead atoms. The fourth-order valence-corrected chi connectivity index (χ4v) is 4.88. The lowest BCUT2D eigenvalue weighted by Crippen LogP contribution is -2.40. The lowest BCUT2D eigenvalue weighted by atomic mass is 10.2. The molecule has 2 N–H and O–H groups in total. The summed E-state index contributed by atoms with van der Waals surface area (Å²) in [5, 5.41) is 6.60. The lowest BCUT2D eigenvalue weighted by molar-refractivity contribution is 0.0730. The monoisotopic (exact) mass is 469 g/mol. The van der Waals surface area contributed by atoms with Crippen LogP contribution in [0.25, 0.3) is 0 Å². The van der Waals surface area contributed by atoms with Crippen molar-refractivity contribution < 1.29 is 13.2 Å². The van der Waals surface area contributed by atoms with Crippen LogP contribution in [0.2, 0.25) is 0 Å². The molecule has 0 aliphatic carbocycles. The van der Waals surface area contributed by atoms with Crippen molar-refractivity contribution in [2.24, 2.45) is 0 Å². The molecule has 3 rings (SSSR count). The predicted octanol–water partition coefficient (Wildman–Crippen LogP) is 3.59. The predicted molar refractivity (Wildman–Crippen MR) is 115 cm³/mol. The zero-order chi connectivity index (χ0) is 19.4. The second kappa shape index (κ2) is 8.66. The maximum Gasteiger partial charge on any atom is 0.243 e. The van der Waals surface area contributed by atoms with Gasteiger partial charge in [0.05, 0.1) is 23.8 Å². The first-order valence-corrected chi connectivity index (χ1v) is 11.0. The molecule has 1 saturated heterocycles. The highest BCUT2D eigenvalue weighted by atomic mass is 79.9. The van der Waals surface area contributed by atoms with E-state index in [1.165, 1.54) is 4.31 Å². The molecular weight excluding hydrogens is 450 g/mol. The third kappa shape index (κ3) is 5.05. The molecule has 0 unspecified atom stereocenters. The Morgan fingerprint density at radius 1 is 1.11 bits per heavy atom. The Balaban J connectivity index is 1.65. The minimum absolute atomic E-state index is 0.259. The molecule has 0 aromatic heterocycles. The fourth-order valence-electron chi connectivity index (χ4n) is 2.65. The summed E-state index contributed by atoms with van der Waals surface area (Å²) < 4.78 is 32.8. The van der Waals surface area contributed by atoms with Gasteiger partial charge in [0.1, 0.15) is 0 Å². The molecule has 0 amide bonds. The van der Waals surface area contributed by atoms with Crippen LogP contribution in [0.5, 0.6) is 0 Å². The van der Waals surface area contributed by atoms with Crippen molar-refractivity contribution in [2.45, 2.75) is 11.8 Å². The van der Waals surface area contributed by atoms with E-state index in [0.29, 0.717) is 37.1 Å². The van der Waals surface area contributed by atoms with E-state index < -0.39 is 10.0 Å². The van der Waals surface area contributed by atoms with Crippen LogP contribution in [0.4, 0.5) is 11.4 Å². The van der Waals surface area contributed by atoms with E-state index in [1.807, 2.05) is 25.1 Å². The van der Waals surface area contributed by atoms with Gasteiger partial charge in [-0.05, 0) is 77.0 Å². The number of halogens is 1. The maximum atomic E-state index is 12.6. The van der Waals surface area contributed by atoms with E-state index in [1.54, 1.807) is 24.3 Å². The fraction of sp³-hybridized carbons (Fsp3) is 0.278. The molecule has 2 aromatic carbocycles. The number of rotatable bonds is 4. The number of aryl methyl sites for hydroxylation is 1. The molecule has 1 heterocycles.